The van der Waals surface area contributed by atoms with Crippen LogP contribution < -0.4 is 10.9 Å². The highest BCUT2D eigenvalue weighted by Gasteiger charge is 2.43. The fourth-order valence-electron chi connectivity index (χ4n) is 3.27. The maximum Gasteiger partial charge on any atom is 0.279 e. The van der Waals surface area contributed by atoms with Gasteiger partial charge >= 0.3 is 0 Å². The quantitative estimate of drug-likeness (QED) is 0.812. The lowest BCUT2D eigenvalue weighted by Gasteiger charge is -2.20. The SMILES string of the molecule is O=C(NNC(=O)C1CC2CCC1C2)c1ccc(Br)s1. The van der Waals surface area contributed by atoms with Crippen molar-refractivity contribution in [3.8, 4) is 0 Å². The van der Waals surface area contributed by atoms with Crippen LogP contribution >= 0.6 is 27.3 Å². The van der Waals surface area contributed by atoms with E-state index in [-0.39, 0.29) is 17.7 Å². The smallest absolute Gasteiger partial charge is 0.273 e. The van der Waals surface area contributed by atoms with Crippen molar-refractivity contribution in [2.45, 2.75) is 25.7 Å². The average molecular weight is 343 g/mol. The number of carbonyl (C=O) groups is 2. The summed E-state index contributed by atoms with van der Waals surface area (Å²) in [6, 6.07) is 3.55. The molecule has 4 nitrogen and oxygen atoms in total. The first kappa shape index (κ1) is 13.1. The third kappa shape index (κ3) is 2.69. The molecule has 6 heteroatoms. The van der Waals surface area contributed by atoms with Crippen LogP contribution in [-0.4, -0.2) is 11.8 Å². The molecule has 19 heavy (non-hydrogen) atoms. The fourth-order valence-corrected chi connectivity index (χ4v) is 4.56. The van der Waals surface area contributed by atoms with Gasteiger partial charge in [0.2, 0.25) is 5.91 Å². The molecule has 2 fully saturated rings. The number of halogens is 1. The molecule has 1 aromatic rings. The molecule has 0 saturated heterocycles. The Bertz CT molecular complexity index is 516. The van der Waals surface area contributed by atoms with Gasteiger partial charge in [0.1, 0.15) is 0 Å². The van der Waals surface area contributed by atoms with E-state index in [0.29, 0.717) is 10.8 Å². The van der Waals surface area contributed by atoms with Gasteiger partial charge in [-0.15, -0.1) is 11.3 Å². The van der Waals surface area contributed by atoms with Crippen LogP contribution in [0.25, 0.3) is 0 Å². The minimum absolute atomic E-state index is 0.0313. The lowest BCUT2D eigenvalue weighted by atomic mass is 9.88. The van der Waals surface area contributed by atoms with Crippen molar-refractivity contribution in [3.05, 3.63) is 20.8 Å². The number of hydrogen-bond donors (Lipinski definition) is 2. The molecule has 2 saturated carbocycles. The van der Waals surface area contributed by atoms with Crippen LogP contribution in [0.4, 0.5) is 0 Å². The van der Waals surface area contributed by atoms with E-state index in [2.05, 4.69) is 26.8 Å². The van der Waals surface area contributed by atoms with E-state index in [0.717, 1.165) is 22.5 Å². The third-order valence-electron chi connectivity index (χ3n) is 4.17. The predicted octanol–water partition coefficient (Wildman–Crippen LogP) is 2.71. The Labute approximate surface area is 124 Å². The molecule has 2 N–H and O–H groups in total. The summed E-state index contributed by atoms with van der Waals surface area (Å²) in [5.41, 5.74) is 5.07. The summed E-state index contributed by atoms with van der Waals surface area (Å²) in [4.78, 5) is 24.4. The molecule has 0 aliphatic heterocycles. The molecular weight excluding hydrogens is 328 g/mol. The molecule has 3 rings (SSSR count). The Kier molecular flexibility index (Phi) is 3.62. The summed E-state index contributed by atoms with van der Waals surface area (Å²) in [5, 5.41) is 0. The first-order chi connectivity index (χ1) is 9.13. The number of hydrogen-bond acceptors (Lipinski definition) is 3. The minimum atomic E-state index is -0.257. The Morgan fingerprint density at radius 1 is 1.21 bits per heavy atom. The van der Waals surface area contributed by atoms with Crippen molar-refractivity contribution in [2.75, 3.05) is 0 Å². The van der Waals surface area contributed by atoms with Gasteiger partial charge in [-0.1, -0.05) is 6.42 Å². The number of carbonyl (C=O) groups excluding carboxylic acids is 2. The molecule has 102 valence electrons. The van der Waals surface area contributed by atoms with Crippen molar-refractivity contribution in [2.24, 2.45) is 17.8 Å². The van der Waals surface area contributed by atoms with Gasteiger partial charge in [-0.25, -0.2) is 0 Å². The molecule has 2 aliphatic carbocycles. The molecule has 0 aromatic carbocycles. The van der Waals surface area contributed by atoms with Crippen molar-refractivity contribution in [1.82, 2.24) is 10.9 Å². The largest absolute Gasteiger partial charge is 0.279 e. The summed E-state index contributed by atoms with van der Waals surface area (Å²) < 4.78 is 0.900. The van der Waals surface area contributed by atoms with Gasteiger partial charge in [0.05, 0.1) is 8.66 Å². The third-order valence-corrected chi connectivity index (χ3v) is 5.79. The van der Waals surface area contributed by atoms with Crippen molar-refractivity contribution in [1.29, 1.82) is 0 Å². The molecule has 3 unspecified atom stereocenters. The first-order valence-corrected chi connectivity index (χ1v) is 8.10. The second-order valence-corrected chi connectivity index (χ2v) is 7.79. The number of fused-ring (bicyclic) bond motifs is 2. The van der Waals surface area contributed by atoms with E-state index in [4.69, 9.17) is 0 Å². The zero-order chi connectivity index (χ0) is 13.4. The van der Waals surface area contributed by atoms with Gasteiger partial charge in [0.25, 0.3) is 5.91 Å². The van der Waals surface area contributed by atoms with Crippen molar-refractivity contribution < 1.29 is 9.59 Å². The van der Waals surface area contributed by atoms with Crippen molar-refractivity contribution >= 4 is 39.1 Å². The summed E-state index contributed by atoms with van der Waals surface area (Å²) >= 11 is 4.65. The van der Waals surface area contributed by atoms with E-state index in [9.17, 15) is 9.59 Å². The van der Waals surface area contributed by atoms with Crippen LogP contribution in [-0.2, 0) is 4.79 Å². The second kappa shape index (κ2) is 5.25. The molecule has 2 bridgehead atoms. The molecular formula is C13H15BrN2O2S. The Morgan fingerprint density at radius 2 is 2.05 bits per heavy atom. The lowest BCUT2D eigenvalue weighted by Crippen LogP contribution is -2.45. The maximum absolute atomic E-state index is 12.0. The Balaban J connectivity index is 1.52. The number of hydrazine groups is 1. The van der Waals surface area contributed by atoms with Crippen LogP contribution in [0.1, 0.15) is 35.4 Å². The fraction of sp³-hybridized carbons (Fsp3) is 0.538. The zero-order valence-electron chi connectivity index (χ0n) is 10.3. The van der Waals surface area contributed by atoms with Gasteiger partial charge in [0, 0.05) is 5.92 Å². The molecule has 0 radical (unpaired) electrons. The number of nitrogens with one attached hydrogen (secondary N) is 2. The summed E-state index contributed by atoms with van der Waals surface area (Å²) in [6.07, 6.45) is 4.60. The van der Waals surface area contributed by atoms with Crippen LogP contribution in [0, 0.1) is 17.8 Å². The number of amides is 2. The minimum Gasteiger partial charge on any atom is -0.273 e. The molecule has 0 spiro atoms. The van der Waals surface area contributed by atoms with Gasteiger partial charge < -0.3 is 0 Å². The Hall–Kier alpha value is -0.880. The van der Waals surface area contributed by atoms with Gasteiger partial charge in [-0.2, -0.15) is 0 Å². The zero-order valence-corrected chi connectivity index (χ0v) is 12.7. The standard InChI is InChI=1S/C13H15BrN2O2S/c14-11-4-3-10(19-11)13(18)16-15-12(17)9-6-7-1-2-8(9)5-7/h3-4,7-9H,1-2,5-6H2,(H,15,17)(H,16,18). The van der Waals surface area contributed by atoms with E-state index in [1.54, 1.807) is 6.07 Å². The highest BCUT2D eigenvalue weighted by atomic mass is 79.9. The average Bonchev–Trinajstić information content (AvgIpc) is 3.10. The van der Waals surface area contributed by atoms with E-state index >= 15 is 0 Å². The topological polar surface area (TPSA) is 58.2 Å². The molecule has 2 amide bonds. The number of rotatable bonds is 2. The van der Waals surface area contributed by atoms with E-state index in [1.807, 2.05) is 6.07 Å². The normalized spacial score (nSPS) is 28.4. The summed E-state index contributed by atoms with van der Waals surface area (Å²) in [7, 11) is 0. The predicted molar refractivity (Wildman–Crippen MR) is 76.6 cm³/mol. The summed E-state index contributed by atoms with van der Waals surface area (Å²) in [5.74, 6) is 1.06. The van der Waals surface area contributed by atoms with Gasteiger partial charge in [-0.3, -0.25) is 20.4 Å². The molecule has 1 heterocycles. The number of thiophene rings is 1. The lowest BCUT2D eigenvalue weighted by molar-refractivity contribution is -0.127. The molecule has 2 aliphatic rings. The van der Waals surface area contributed by atoms with Crippen LogP contribution in [0.3, 0.4) is 0 Å². The van der Waals surface area contributed by atoms with Crippen LogP contribution in [0.5, 0.6) is 0 Å². The van der Waals surface area contributed by atoms with Crippen LogP contribution in [0.2, 0.25) is 0 Å². The summed E-state index contributed by atoms with van der Waals surface area (Å²) in [6.45, 7) is 0. The first-order valence-electron chi connectivity index (χ1n) is 6.49. The highest BCUT2D eigenvalue weighted by molar-refractivity contribution is 9.11. The maximum atomic E-state index is 12.0. The van der Waals surface area contributed by atoms with Gasteiger partial charge in [-0.05, 0) is 59.2 Å². The van der Waals surface area contributed by atoms with Crippen molar-refractivity contribution in [3.63, 3.8) is 0 Å². The van der Waals surface area contributed by atoms with Crippen LogP contribution in [0.15, 0.2) is 15.9 Å². The van der Waals surface area contributed by atoms with E-state index in [1.165, 1.54) is 24.2 Å². The molecule has 1 aromatic heterocycles. The van der Waals surface area contributed by atoms with E-state index < -0.39 is 0 Å². The Morgan fingerprint density at radius 3 is 2.63 bits per heavy atom. The second-order valence-electron chi connectivity index (χ2n) is 5.33. The monoisotopic (exact) mass is 342 g/mol. The van der Waals surface area contributed by atoms with Gasteiger partial charge in [0.15, 0.2) is 0 Å². The highest BCUT2D eigenvalue weighted by Crippen LogP contribution is 2.48. The molecule has 3 atom stereocenters.